The standard InChI is InChI=1S/C20H24N2O2S/c23-19(25)12-11-18(15-17-9-5-2-6-10-17)22-20(24)21-14-13-16-7-3-1-4-8-16/h1-10,18H,11-15H2,(H,23,25)(H2,21,22,24). The number of urea groups is 1. The van der Waals surface area contributed by atoms with Gasteiger partial charge < -0.3 is 10.6 Å². The van der Waals surface area contributed by atoms with E-state index in [0.717, 1.165) is 12.0 Å². The van der Waals surface area contributed by atoms with E-state index in [4.69, 9.17) is 0 Å². The summed E-state index contributed by atoms with van der Waals surface area (Å²) in [4.78, 5) is 23.3. The summed E-state index contributed by atoms with van der Waals surface area (Å²) in [6.07, 6.45) is 2.38. The molecule has 0 spiro atoms. The van der Waals surface area contributed by atoms with Gasteiger partial charge in [-0.15, -0.1) is 12.6 Å². The van der Waals surface area contributed by atoms with E-state index in [1.807, 2.05) is 60.7 Å². The van der Waals surface area contributed by atoms with Crippen molar-refractivity contribution in [1.29, 1.82) is 0 Å². The Bertz CT molecular complexity index is 662. The van der Waals surface area contributed by atoms with Crippen LogP contribution in [0.1, 0.15) is 24.0 Å². The quantitative estimate of drug-likeness (QED) is 0.603. The van der Waals surface area contributed by atoms with Crippen molar-refractivity contribution in [3.8, 4) is 0 Å². The van der Waals surface area contributed by atoms with Gasteiger partial charge in [0, 0.05) is 19.0 Å². The fourth-order valence-corrected chi connectivity index (χ4v) is 2.75. The molecule has 0 fully saturated rings. The highest BCUT2D eigenvalue weighted by Gasteiger charge is 2.14. The summed E-state index contributed by atoms with van der Waals surface area (Å²) in [5.41, 5.74) is 2.31. The van der Waals surface area contributed by atoms with Crippen LogP contribution in [0.3, 0.4) is 0 Å². The molecular formula is C20H24N2O2S. The first-order valence-corrected chi connectivity index (χ1v) is 8.92. The van der Waals surface area contributed by atoms with Crippen LogP contribution in [-0.4, -0.2) is 23.7 Å². The first kappa shape index (κ1) is 19.1. The van der Waals surface area contributed by atoms with Crippen molar-refractivity contribution >= 4 is 23.8 Å². The molecule has 2 N–H and O–H groups in total. The lowest BCUT2D eigenvalue weighted by Crippen LogP contribution is -2.43. The van der Waals surface area contributed by atoms with Crippen LogP contribution in [0.4, 0.5) is 4.79 Å². The molecule has 0 heterocycles. The van der Waals surface area contributed by atoms with Gasteiger partial charge in [-0.05, 0) is 30.4 Å². The summed E-state index contributed by atoms with van der Waals surface area (Å²) in [5.74, 6) is 0. The molecule has 0 aliphatic rings. The van der Waals surface area contributed by atoms with Crippen LogP contribution in [0.15, 0.2) is 60.7 Å². The van der Waals surface area contributed by atoms with Gasteiger partial charge >= 0.3 is 6.03 Å². The minimum Gasteiger partial charge on any atom is -0.338 e. The number of carbonyl (C=O) groups excluding carboxylic acids is 2. The van der Waals surface area contributed by atoms with Crippen LogP contribution >= 0.6 is 12.6 Å². The van der Waals surface area contributed by atoms with Gasteiger partial charge in [-0.1, -0.05) is 60.7 Å². The van der Waals surface area contributed by atoms with Crippen molar-refractivity contribution in [2.24, 2.45) is 0 Å². The number of hydrogen-bond acceptors (Lipinski definition) is 2. The van der Waals surface area contributed by atoms with Crippen LogP contribution in [-0.2, 0) is 17.6 Å². The second-order valence-corrected chi connectivity index (χ2v) is 6.45. The Morgan fingerprint density at radius 2 is 1.52 bits per heavy atom. The Kier molecular flexibility index (Phi) is 8.05. The highest BCUT2D eigenvalue weighted by atomic mass is 32.1. The first-order chi connectivity index (χ1) is 12.1. The molecule has 4 nitrogen and oxygen atoms in total. The van der Waals surface area contributed by atoms with Gasteiger partial charge in [-0.2, -0.15) is 0 Å². The number of benzene rings is 2. The largest absolute Gasteiger partial charge is 0.338 e. The van der Waals surface area contributed by atoms with E-state index in [9.17, 15) is 9.59 Å². The smallest absolute Gasteiger partial charge is 0.315 e. The third-order valence-corrected chi connectivity index (χ3v) is 4.13. The van der Waals surface area contributed by atoms with E-state index in [0.29, 0.717) is 25.8 Å². The van der Waals surface area contributed by atoms with Gasteiger partial charge in [0.05, 0.1) is 0 Å². The molecule has 0 bridgehead atoms. The lowest BCUT2D eigenvalue weighted by molar-refractivity contribution is -0.111. The zero-order chi connectivity index (χ0) is 17.9. The van der Waals surface area contributed by atoms with Crippen molar-refractivity contribution in [2.75, 3.05) is 6.54 Å². The molecule has 0 aromatic heterocycles. The van der Waals surface area contributed by atoms with Gasteiger partial charge in [-0.25, -0.2) is 4.79 Å². The van der Waals surface area contributed by atoms with Gasteiger partial charge in [0.2, 0.25) is 0 Å². The monoisotopic (exact) mass is 356 g/mol. The Labute approximate surface area is 154 Å². The van der Waals surface area contributed by atoms with E-state index in [1.54, 1.807) is 0 Å². The predicted molar refractivity (Wildman–Crippen MR) is 104 cm³/mol. The lowest BCUT2D eigenvalue weighted by atomic mass is 10.0. The van der Waals surface area contributed by atoms with Crippen LogP contribution in [0.25, 0.3) is 0 Å². The van der Waals surface area contributed by atoms with Crippen molar-refractivity contribution in [2.45, 2.75) is 31.7 Å². The molecule has 2 aromatic rings. The molecule has 0 aliphatic carbocycles. The highest BCUT2D eigenvalue weighted by molar-refractivity contribution is 7.96. The maximum Gasteiger partial charge on any atom is 0.315 e. The molecule has 2 rings (SSSR count). The molecule has 25 heavy (non-hydrogen) atoms. The molecule has 2 amide bonds. The van der Waals surface area contributed by atoms with E-state index in [-0.39, 0.29) is 17.2 Å². The number of carbonyl (C=O) groups is 2. The fourth-order valence-electron chi connectivity index (χ4n) is 2.62. The topological polar surface area (TPSA) is 58.2 Å². The van der Waals surface area contributed by atoms with Crippen molar-refractivity contribution in [1.82, 2.24) is 10.6 Å². The highest BCUT2D eigenvalue weighted by Crippen LogP contribution is 2.09. The number of amides is 2. The second-order valence-electron chi connectivity index (χ2n) is 5.95. The van der Waals surface area contributed by atoms with Crippen LogP contribution in [0.2, 0.25) is 0 Å². The van der Waals surface area contributed by atoms with Gasteiger partial charge in [-0.3, -0.25) is 4.79 Å². The maximum atomic E-state index is 12.2. The van der Waals surface area contributed by atoms with Gasteiger partial charge in [0.15, 0.2) is 5.12 Å². The summed E-state index contributed by atoms with van der Waals surface area (Å²) < 4.78 is 0. The van der Waals surface area contributed by atoms with Crippen molar-refractivity contribution < 1.29 is 9.59 Å². The molecule has 0 saturated heterocycles. The Morgan fingerprint density at radius 3 is 2.12 bits per heavy atom. The summed E-state index contributed by atoms with van der Waals surface area (Å²) in [7, 11) is 0. The molecule has 5 heteroatoms. The SMILES string of the molecule is O=C(S)CCC(Cc1ccccc1)NC(=O)NCCc1ccccc1. The molecule has 132 valence electrons. The van der Waals surface area contributed by atoms with Gasteiger partial charge in [0.25, 0.3) is 0 Å². The van der Waals surface area contributed by atoms with Crippen molar-refractivity contribution in [3.63, 3.8) is 0 Å². The fraction of sp³-hybridized carbons (Fsp3) is 0.300. The maximum absolute atomic E-state index is 12.2. The molecule has 0 saturated carbocycles. The Hall–Kier alpha value is -2.27. The molecule has 1 unspecified atom stereocenters. The Morgan fingerprint density at radius 1 is 0.920 bits per heavy atom. The molecular weight excluding hydrogens is 332 g/mol. The summed E-state index contributed by atoms with van der Waals surface area (Å²) in [6, 6.07) is 19.6. The summed E-state index contributed by atoms with van der Waals surface area (Å²) in [6.45, 7) is 0.569. The van der Waals surface area contributed by atoms with E-state index < -0.39 is 0 Å². The zero-order valence-corrected chi connectivity index (χ0v) is 15.0. The van der Waals surface area contributed by atoms with E-state index >= 15 is 0 Å². The predicted octanol–water partition coefficient (Wildman–Crippen LogP) is 3.38. The number of nitrogens with one attached hydrogen (secondary N) is 2. The lowest BCUT2D eigenvalue weighted by Gasteiger charge is -2.19. The number of thiol groups is 1. The minimum atomic E-state index is -0.205. The number of rotatable bonds is 9. The molecule has 0 radical (unpaired) electrons. The van der Waals surface area contributed by atoms with Crippen molar-refractivity contribution in [3.05, 3.63) is 71.8 Å². The molecule has 0 aliphatic heterocycles. The first-order valence-electron chi connectivity index (χ1n) is 8.47. The Balaban J connectivity index is 1.82. The van der Waals surface area contributed by atoms with Crippen LogP contribution in [0, 0.1) is 0 Å². The second kappa shape index (κ2) is 10.6. The zero-order valence-electron chi connectivity index (χ0n) is 14.2. The van der Waals surface area contributed by atoms with Crippen LogP contribution < -0.4 is 10.6 Å². The molecule has 2 aromatic carbocycles. The number of hydrogen-bond donors (Lipinski definition) is 3. The van der Waals surface area contributed by atoms with E-state index in [1.165, 1.54) is 5.56 Å². The summed E-state index contributed by atoms with van der Waals surface area (Å²) >= 11 is 3.82. The van der Waals surface area contributed by atoms with E-state index in [2.05, 4.69) is 23.3 Å². The molecule has 1 atom stereocenters. The average Bonchev–Trinajstić information content (AvgIpc) is 2.61. The van der Waals surface area contributed by atoms with Gasteiger partial charge in [0.1, 0.15) is 0 Å². The summed E-state index contributed by atoms with van der Waals surface area (Å²) in [5, 5.41) is 5.69. The third-order valence-electron chi connectivity index (χ3n) is 3.91. The third kappa shape index (κ3) is 7.90. The normalized spacial score (nSPS) is 11.6. The van der Waals surface area contributed by atoms with Crippen LogP contribution in [0.5, 0.6) is 0 Å². The average molecular weight is 356 g/mol. The minimum absolute atomic E-state index is 0.102.